The van der Waals surface area contributed by atoms with Gasteiger partial charge < -0.3 is 22.3 Å². The molecule has 0 bridgehead atoms. The molecule has 10 N–H and O–H groups in total. The summed E-state index contributed by atoms with van der Waals surface area (Å²) in [6, 6.07) is 15.0. The molecule has 0 unspecified atom stereocenters. The number of nitrogens with two attached hydrogens (primary N) is 4. The Morgan fingerprint density at radius 1 is 0.907 bits per heavy atom. The van der Waals surface area contributed by atoms with Gasteiger partial charge in [0.2, 0.25) is 10.0 Å². The Morgan fingerprint density at radius 3 is 2.05 bits per heavy atom. The summed E-state index contributed by atoms with van der Waals surface area (Å²) in [7, 11) is -7.58. The van der Waals surface area contributed by atoms with Crippen LogP contribution in [0.3, 0.4) is 0 Å². The topological polar surface area (TPSA) is 281 Å². The molecule has 0 spiro atoms. The zero-order valence-corrected chi connectivity index (χ0v) is 24.1. The second kappa shape index (κ2) is 13.1. The lowest BCUT2D eigenvalue weighted by Gasteiger charge is -2.08. The Balaban J connectivity index is 0.000000238. The zero-order valence-electron chi connectivity index (χ0n) is 22.4. The van der Waals surface area contributed by atoms with Crippen molar-refractivity contribution in [2.45, 2.75) is 23.3 Å². The molecule has 43 heavy (non-hydrogen) atoms. The van der Waals surface area contributed by atoms with Crippen LogP contribution >= 0.6 is 0 Å². The monoisotopic (exact) mass is 629 g/mol. The Labute approximate surface area is 245 Å². The molecular formula is C25H27N9O7S2. The highest BCUT2D eigenvalue weighted by Gasteiger charge is 2.16. The van der Waals surface area contributed by atoms with Gasteiger partial charge in [-0.15, -0.1) is 5.11 Å². The number of benzene rings is 3. The fourth-order valence-corrected chi connectivity index (χ4v) is 4.85. The Bertz CT molecular complexity index is 1940. The SMILES string of the molecule is CCn1ccc(NS(=O)(=O)c2ccc(N)cc2)nc1=O.Nc1cc(N)c(N=Nc2ccc(S(N)(=O)=O)cc2)c(C(=O)O)c1. The highest BCUT2D eigenvalue weighted by Crippen LogP contribution is 2.31. The largest absolute Gasteiger partial charge is 0.478 e. The van der Waals surface area contributed by atoms with Crippen molar-refractivity contribution in [3.8, 4) is 0 Å². The third kappa shape index (κ3) is 8.58. The summed E-state index contributed by atoms with van der Waals surface area (Å²) in [6.45, 7) is 2.26. The summed E-state index contributed by atoms with van der Waals surface area (Å²) in [5.41, 5.74) is 17.0. The van der Waals surface area contributed by atoms with E-state index < -0.39 is 31.7 Å². The van der Waals surface area contributed by atoms with Gasteiger partial charge in [-0.25, -0.2) is 31.6 Å². The quantitative estimate of drug-likeness (QED) is 0.121. The highest BCUT2D eigenvalue weighted by atomic mass is 32.2. The van der Waals surface area contributed by atoms with E-state index in [0.717, 1.165) is 0 Å². The number of carbonyl (C=O) groups is 1. The van der Waals surface area contributed by atoms with E-state index in [1.54, 1.807) is 6.92 Å². The fourth-order valence-electron chi connectivity index (χ4n) is 3.33. The van der Waals surface area contributed by atoms with E-state index in [2.05, 4.69) is 19.9 Å². The molecule has 0 saturated carbocycles. The molecule has 0 atom stereocenters. The zero-order chi connectivity index (χ0) is 31.9. The lowest BCUT2D eigenvalue weighted by Crippen LogP contribution is -2.24. The average Bonchev–Trinajstić information content (AvgIpc) is 2.92. The molecule has 16 nitrogen and oxygen atoms in total. The number of aromatic carboxylic acids is 1. The maximum atomic E-state index is 12.1. The number of primary sulfonamides is 1. The van der Waals surface area contributed by atoms with Gasteiger partial charge in [-0.2, -0.15) is 10.1 Å². The molecule has 4 rings (SSSR count). The minimum absolute atomic E-state index is 0.0171. The van der Waals surface area contributed by atoms with Gasteiger partial charge in [0.05, 0.1) is 26.7 Å². The number of azo groups is 1. The van der Waals surface area contributed by atoms with E-state index in [4.69, 9.17) is 27.4 Å². The summed E-state index contributed by atoms with van der Waals surface area (Å²) in [4.78, 5) is 26.4. The number of anilines is 4. The van der Waals surface area contributed by atoms with Crippen molar-refractivity contribution in [2.24, 2.45) is 15.4 Å². The molecule has 0 saturated heterocycles. The minimum atomic E-state index is -3.80. The number of nitrogen functional groups attached to an aromatic ring is 3. The van der Waals surface area contributed by atoms with Crippen LogP contribution < -0.4 is 32.8 Å². The van der Waals surface area contributed by atoms with Crippen molar-refractivity contribution in [1.29, 1.82) is 0 Å². The Hall–Kier alpha value is -5.33. The molecule has 0 aliphatic carbocycles. The average molecular weight is 630 g/mol. The summed E-state index contributed by atoms with van der Waals surface area (Å²) in [5, 5.41) is 21.8. The smallest absolute Gasteiger partial charge is 0.349 e. The number of hydrogen-bond acceptors (Lipinski definition) is 12. The molecule has 1 aromatic heterocycles. The normalized spacial score (nSPS) is 11.5. The Morgan fingerprint density at radius 2 is 1.51 bits per heavy atom. The number of sulfonamides is 2. The van der Waals surface area contributed by atoms with Gasteiger partial charge >= 0.3 is 11.7 Å². The first kappa shape index (κ1) is 32.2. The highest BCUT2D eigenvalue weighted by molar-refractivity contribution is 7.92. The van der Waals surface area contributed by atoms with E-state index in [1.807, 2.05) is 0 Å². The molecule has 0 aliphatic heterocycles. The van der Waals surface area contributed by atoms with Crippen molar-refractivity contribution >= 4 is 60.3 Å². The number of rotatable bonds is 8. The number of nitrogens with zero attached hydrogens (tertiary/aromatic N) is 4. The van der Waals surface area contributed by atoms with Gasteiger partial charge in [0.1, 0.15) is 11.5 Å². The molecule has 3 aromatic carbocycles. The van der Waals surface area contributed by atoms with Crippen LogP contribution in [-0.2, 0) is 26.6 Å². The molecule has 0 fully saturated rings. The lowest BCUT2D eigenvalue weighted by atomic mass is 10.1. The van der Waals surface area contributed by atoms with Crippen LogP contribution in [0.15, 0.2) is 97.7 Å². The number of hydrogen-bond donors (Lipinski definition) is 6. The van der Waals surface area contributed by atoms with Gasteiger partial charge in [0, 0.05) is 24.1 Å². The van der Waals surface area contributed by atoms with Crippen molar-refractivity contribution in [2.75, 3.05) is 21.9 Å². The van der Waals surface area contributed by atoms with Gasteiger partial charge in [0.15, 0.2) is 0 Å². The number of carboxylic acid groups (broad SMARTS) is 1. The Kier molecular flexibility index (Phi) is 9.81. The van der Waals surface area contributed by atoms with Crippen LogP contribution in [0.2, 0.25) is 0 Å². The van der Waals surface area contributed by atoms with E-state index >= 15 is 0 Å². The first-order valence-electron chi connectivity index (χ1n) is 12.0. The summed E-state index contributed by atoms with van der Waals surface area (Å²) >= 11 is 0. The molecule has 0 radical (unpaired) electrons. The van der Waals surface area contributed by atoms with Gasteiger partial charge in [-0.3, -0.25) is 9.29 Å². The molecule has 4 aromatic rings. The van der Waals surface area contributed by atoms with E-state index in [-0.39, 0.29) is 38.2 Å². The number of aryl methyl sites for hydroxylation is 1. The minimum Gasteiger partial charge on any atom is -0.478 e. The van der Waals surface area contributed by atoms with Crippen molar-refractivity contribution in [1.82, 2.24) is 9.55 Å². The maximum Gasteiger partial charge on any atom is 0.349 e. The predicted octanol–water partition coefficient (Wildman–Crippen LogP) is 2.26. The second-order valence-electron chi connectivity index (χ2n) is 8.61. The van der Waals surface area contributed by atoms with Crippen molar-refractivity contribution in [3.63, 3.8) is 0 Å². The first-order valence-corrected chi connectivity index (χ1v) is 15.1. The molecule has 1 heterocycles. The summed E-state index contributed by atoms with van der Waals surface area (Å²) in [6.07, 6.45) is 1.48. The van der Waals surface area contributed by atoms with Crippen LogP contribution in [-0.4, -0.2) is 37.5 Å². The standard InChI is InChI=1S/C13H13N5O4S.C12H14N4O3S/c14-7-5-10(13(19)20)12(11(15)6-7)18-17-8-1-3-9(4-2-8)23(16,21)22;1-2-16-8-7-11(14-12(16)17)15-20(18,19)10-5-3-9(13)4-6-10/h1-6H,14-15H2,(H,19,20)(H2,16,21,22);3-8H,2,13H2,1H3,(H,14,15,17). The van der Waals surface area contributed by atoms with Crippen LogP contribution in [0.25, 0.3) is 0 Å². The van der Waals surface area contributed by atoms with Crippen LogP contribution in [0.5, 0.6) is 0 Å². The van der Waals surface area contributed by atoms with Crippen molar-refractivity contribution in [3.05, 3.63) is 89.0 Å². The maximum absolute atomic E-state index is 12.1. The van der Waals surface area contributed by atoms with Crippen molar-refractivity contribution < 1.29 is 26.7 Å². The van der Waals surface area contributed by atoms with Gasteiger partial charge in [-0.1, -0.05) is 0 Å². The summed E-state index contributed by atoms with van der Waals surface area (Å²) in [5.74, 6) is -1.26. The molecule has 0 aliphatic rings. The summed E-state index contributed by atoms with van der Waals surface area (Å²) < 4.78 is 50.1. The van der Waals surface area contributed by atoms with Gasteiger partial charge in [-0.05, 0) is 73.7 Å². The van der Waals surface area contributed by atoms with Gasteiger partial charge in [0.25, 0.3) is 10.0 Å². The third-order valence-electron chi connectivity index (χ3n) is 5.47. The lowest BCUT2D eigenvalue weighted by molar-refractivity contribution is 0.0697. The van der Waals surface area contributed by atoms with Crippen LogP contribution in [0, 0.1) is 0 Å². The van der Waals surface area contributed by atoms with Crippen LogP contribution in [0.1, 0.15) is 17.3 Å². The van der Waals surface area contributed by atoms with E-state index in [0.29, 0.717) is 17.9 Å². The van der Waals surface area contributed by atoms with E-state index in [1.165, 1.54) is 77.5 Å². The number of aromatic nitrogens is 2. The number of nitrogens with one attached hydrogen (secondary N) is 1. The third-order valence-corrected chi connectivity index (χ3v) is 7.77. The molecular weight excluding hydrogens is 602 g/mol. The molecule has 18 heteroatoms. The molecule has 0 amide bonds. The van der Waals surface area contributed by atoms with Crippen LogP contribution in [0.4, 0.5) is 34.3 Å². The van der Waals surface area contributed by atoms with E-state index in [9.17, 15) is 26.4 Å². The fraction of sp³-hybridized carbons (Fsp3) is 0.0800. The first-order chi connectivity index (χ1) is 20.1. The molecule has 226 valence electrons. The number of carboxylic acids is 1. The predicted molar refractivity (Wildman–Crippen MR) is 160 cm³/mol. The second-order valence-corrected chi connectivity index (χ2v) is 11.9.